The summed E-state index contributed by atoms with van der Waals surface area (Å²) in [5.41, 5.74) is 3.24. The van der Waals surface area contributed by atoms with Gasteiger partial charge in [-0.25, -0.2) is 5.01 Å². The Hall–Kier alpha value is -3.94. The second-order valence-electron chi connectivity index (χ2n) is 8.55. The highest BCUT2D eigenvalue weighted by Gasteiger charge is 2.37. The van der Waals surface area contributed by atoms with Gasteiger partial charge in [-0.05, 0) is 47.3 Å². The van der Waals surface area contributed by atoms with Gasteiger partial charge in [0.15, 0.2) is 5.76 Å². The Morgan fingerprint density at radius 3 is 2.61 bits per heavy atom. The van der Waals surface area contributed by atoms with Gasteiger partial charge in [-0.2, -0.15) is 5.10 Å². The van der Waals surface area contributed by atoms with E-state index in [1.54, 1.807) is 41.2 Å². The van der Waals surface area contributed by atoms with Crippen LogP contribution in [0.4, 0.5) is 0 Å². The lowest BCUT2D eigenvalue weighted by Crippen LogP contribution is -2.26. The van der Waals surface area contributed by atoms with Crippen LogP contribution < -0.4 is 5.56 Å². The van der Waals surface area contributed by atoms with E-state index in [0.717, 1.165) is 26.9 Å². The molecule has 8 heteroatoms. The molecule has 0 N–H and O–H groups in total. The Morgan fingerprint density at radius 1 is 1.06 bits per heavy atom. The number of nitrogens with zero attached hydrogens (tertiary/aromatic N) is 3. The topological polar surface area (TPSA) is 67.8 Å². The number of thiophene rings is 1. The average molecular weight is 514 g/mol. The summed E-state index contributed by atoms with van der Waals surface area (Å²) >= 11 is 7.96. The fraction of sp³-hybridized carbons (Fsp3) is 0.107. The van der Waals surface area contributed by atoms with Crippen LogP contribution >= 0.6 is 22.9 Å². The molecule has 1 unspecified atom stereocenters. The quantitative estimate of drug-likeness (QED) is 0.275. The molecule has 1 aliphatic rings. The number of aromatic nitrogens is 1. The Balaban J connectivity index is 1.61. The molecular weight excluding hydrogens is 494 g/mol. The molecule has 0 aliphatic carbocycles. The van der Waals surface area contributed by atoms with Crippen LogP contribution in [0.15, 0.2) is 98.8 Å². The molecule has 0 fully saturated rings. The maximum atomic E-state index is 13.9. The molecule has 0 saturated carbocycles. The number of hydrogen-bond donors (Lipinski definition) is 0. The first-order chi connectivity index (χ1) is 17.5. The van der Waals surface area contributed by atoms with Gasteiger partial charge < -0.3 is 8.98 Å². The van der Waals surface area contributed by atoms with Crippen molar-refractivity contribution >= 4 is 45.5 Å². The number of carbonyl (C=O) groups excluding carboxylic acids is 1. The summed E-state index contributed by atoms with van der Waals surface area (Å²) in [6.07, 6.45) is 1.86. The van der Waals surface area contributed by atoms with Crippen molar-refractivity contribution in [3.05, 3.63) is 116 Å². The van der Waals surface area contributed by atoms with Gasteiger partial charge in [-0.3, -0.25) is 9.59 Å². The highest BCUT2D eigenvalue weighted by Crippen LogP contribution is 2.39. The molecule has 6 nitrogen and oxygen atoms in total. The van der Waals surface area contributed by atoms with Gasteiger partial charge in [0, 0.05) is 34.3 Å². The smallest absolute Gasteiger partial charge is 0.310 e. The second kappa shape index (κ2) is 8.93. The number of rotatable bonds is 4. The molecular formula is C28H20ClN3O3S. The first-order valence-corrected chi connectivity index (χ1v) is 12.6. The summed E-state index contributed by atoms with van der Waals surface area (Å²) in [5, 5.41) is 9.60. The van der Waals surface area contributed by atoms with Crippen molar-refractivity contribution in [2.45, 2.75) is 12.5 Å². The fourth-order valence-corrected chi connectivity index (χ4v) is 5.74. The van der Waals surface area contributed by atoms with E-state index in [4.69, 9.17) is 21.1 Å². The SMILES string of the molecule is Cn1c(=O)c(C2=NN(C(=O)c3ccco3)C(c3cccs3)C2)c(-c2ccccc2)c2cc(Cl)ccc21. The van der Waals surface area contributed by atoms with Gasteiger partial charge in [-0.1, -0.05) is 48.0 Å². The molecule has 0 saturated heterocycles. The highest BCUT2D eigenvalue weighted by atomic mass is 35.5. The van der Waals surface area contributed by atoms with Crippen molar-refractivity contribution < 1.29 is 9.21 Å². The van der Waals surface area contributed by atoms with E-state index in [2.05, 4.69) is 0 Å². The maximum Gasteiger partial charge on any atom is 0.310 e. The van der Waals surface area contributed by atoms with E-state index >= 15 is 0 Å². The van der Waals surface area contributed by atoms with Crippen molar-refractivity contribution in [1.82, 2.24) is 9.58 Å². The third-order valence-electron chi connectivity index (χ3n) is 6.43. The number of hydrogen-bond acceptors (Lipinski definition) is 5. The zero-order chi connectivity index (χ0) is 24.8. The maximum absolute atomic E-state index is 13.9. The second-order valence-corrected chi connectivity index (χ2v) is 9.97. The standard InChI is InChI=1S/C28H20ClN3O3S/c1-31-21-12-11-18(29)15-19(21)25(17-7-3-2-4-8-17)26(28(31)34)20-16-22(24-10-6-14-36-24)32(30-20)27(33)23-9-5-13-35-23/h2-15,22H,16H2,1H3. The molecule has 2 aromatic carbocycles. The van der Waals surface area contributed by atoms with E-state index in [0.29, 0.717) is 22.7 Å². The summed E-state index contributed by atoms with van der Waals surface area (Å²) in [4.78, 5) is 28.2. The van der Waals surface area contributed by atoms with Crippen LogP contribution in [0.2, 0.25) is 5.02 Å². The number of hydrazone groups is 1. The summed E-state index contributed by atoms with van der Waals surface area (Å²) < 4.78 is 7.00. The molecule has 3 aromatic heterocycles. The summed E-state index contributed by atoms with van der Waals surface area (Å²) in [7, 11) is 1.74. The molecule has 0 radical (unpaired) electrons. The minimum absolute atomic E-state index is 0.181. The Morgan fingerprint density at radius 2 is 1.89 bits per heavy atom. The third-order valence-corrected chi connectivity index (χ3v) is 7.64. The number of furan rings is 1. The van der Waals surface area contributed by atoms with E-state index in [1.165, 1.54) is 11.3 Å². The number of amides is 1. The van der Waals surface area contributed by atoms with Gasteiger partial charge in [0.05, 0.1) is 29.1 Å². The molecule has 4 heterocycles. The predicted octanol–water partition coefficient (Wildman–Crippen LogP) is 6.50. The first kappa shape index (κ1) is 22.5. The molecule has 36 heavy (non-hydrogen) atoms. The van der Waals surface area contributed by atoms with Crippen LogP contribution in [-0.4, -0.2) is 21.2 Å². The average Bonchev–Trinajstić information content (AvgIpc) is 3.67. The van der Waals surface area contributed by atoms with E-state index in [9.17, 15) is 9.59 Å². The normalized spacial score (nSPS) is 15.4. The molecule has 1 atom stereocenters. The fourth-order valence-electron chi connectivity index (χ4n) is 4.76. The number of aryl methyl sites for hydroxylation is 1. The van der Waals surface area contributed by atoms with Crippen LogP contribution in [0.1, 0.15) is 33.5 Å². The molecule has 5 aromatic rings. The molecule has 6 rings (SSSR count). The van der Waals surface area contributed by atoms with Gasteiger partial charge in [0.25, 0.3) is 5.56 Å². The van der Waals surface area contributed by atoms with Gasteiger partial charge >= 0.3 is 5.91 Å². The molecule has 0 bridgehead atoms. The number of halogens is 1. The van der Waals surface area contributed by atoms with Gasteiger partial charge in [0.2, 0.25) is 0 Å². The minimum atomic E-state index is -0.352. The van der Waals surface area contributed by atoms with Crippen molar-refractivity contribution in [1.29, 1.82) is 0 Å². The highest BCUT2D eigenvalue weighted by molar-refractivity contribution is 7.10. The largest absolute Gasteiger partial charge is 0.459 e. The van der Waals surface area contributed by atoms with Crippen molar-refractivity contribution in [3.8, 4) is 11.1 Å². The monoisotopic (exact) mass is 513 g/mol. The van der Waals surface area contributed by atoms with Crippen molar-refractivity contribution in [3.63, 3.8) is 0 Å². The van der Waals surface area contributed by atoms with E-state index < -0.39 is 0 Å². The Labute approximate surface area is 215 Å². The summed E-state index contributed by atoms with van der Waals surface area (Å²) in [6.45, 7) is 0. The lowest BCUT2D eigenvalue weighted by Gasteiger charge is -2.19. The van der Waals surface area contributed by atoms with Crippen molar-refractivity contribution in [2.75, 3.05) is 0 Å². The summed E-state index contributed by atoms with van der Waals surface area (Å²) in [6, 6.07) is 22.1. The van der Waals surface area contributed by atoms with E-state index in [1.807, 2.05) is 60.0 Å². The van der Waals surface area contributed by atoms with Crippen LogP contribution in [0.5, 0.6) is 0 Å². The number of benzene rings is 2. The number of carbonyl (C=O) groups is 1. The van der Waals surface area contributed by atoms with Gasteiger partial charge in [-0.15, -0.1) is 11.3 Å². The predicted molar refractivity (Wildman–Crippen MR) is 143 cm³/mol. The molecule has 0 spiro atoms. The van der Waals surface area contributed by atoms with E-state index in [-0.39, 0.29) is 23.3 Å². The van der Waals surface area contributed by atoms with Crippen LogP contribution in [0.3, 0.4) is 0 Å². The molecule has 1 aliphatic heterocycles. The lowest BCUT2D eigenvalue weighted by atomic mass is 9.91. The number of fused-ring (bicyclic) bond motifs is 1. The van der Waals surface area contributed by atoms with Crippen molar-refractivity contribution in [2.24, 2.45) is 12.1 Å². The lowest BCUT2D eigenvalue weighted by molar-refractivity contribution is 0.0681. The number of pyridine rings is 1. The van der Waals surface area contributed by atoms with Crippen LogP contribution in [0, 0.1) is 0 Å². The van der Waals surface area contributed by atoms with Gasteiger partial charge in [0.1, 0.15) is 0 Å². The third kappa shape index (κ3) is 3.68. The molecule has 1 amide bonds. The summed E-state index contributed by atoms with van der Waals surface area (Å²) in [5.74, 6) is -0.154. The Kier molecular flexibility index (Phi) is 5.59. The first-order valence-electron chi connectivity index (χ1n) is 11.4. The zero-order valence-electron chi connectivity index (χ0n) is 19.2. The Bertz CT molecular complexity index is 1670. The van der Waals surface area contributed by atoms with Crippen LogP contribution in [-0.2, 0) is 7.05 Å². The minimum Gasteiger partial charge on any atom is -0.459 e. The molecule has 178 valence electrons. The van der Waals surface area contributed by atoms with Crippen LogP contribution in [0.25, 0.3) is 22.0 Å². The zero-order valence-corrected chi connectivity index (χ0v) is 20.8.